The van der Waals surface area contributed by atoms with Crippen molar-refractivity contribution in [2.45, 2.75) is 69.5 Å². The van der Waals surface area contributed by atoms with Crippen molar-refractivity contribution in [2.75, 3.05) is 5.75 Å². The number of hydrogen-bond acceptors (Lipinski definition) is 5. The summed E-state index contributed by atoms with van der Waals surface area (Å²) in [4.78, 5) is 12.9. The lowest BCUT2D eigenvalue weighted by Crippen LogP contribution is -2.22. The van der Waals surface area contributed by atoms with Gasteiger partial charge >= 0.3 is 0 Å². The van der Waals surface area contributed by atoms with E-state index in [4.69, 9.17) is 9.20 Å². The second-order valence-corrected chi connectivity index (χ2v) is 11.2. The maximum Gasteiger partial charge on any atom is 0.199 e. The third-order valence-electron chi connectivity index (χ3n) is 6.37. The molecule has 2 aliphatic rings. The lowest BCUT2D eigenvalue weighted by Gasteiger charge is -2.27. The highest BCUT2D eigenvalue weighted by atomic mass is 32.2. The first-order chi connectivity index (χ1) is 13.6. The molecule has 2 aromatic rings. The fourth-order valence-corrected chi connectivity index (χ4v) is 5.45. The molecule has 2 atom stereocenters. The van der Waals surface area contributed by atoms with E-state index in [1.165, 1.54) is 41.9 Å². The van der Waals surface area contributed by atoms with Crippen LogP contribution >= 0.6 is 0 Å². The molecule has 0 unspecified atom stereocenters. The Morgan fingerprint density at radius 1 is 1.34 bits per heavy atom. The molecule has 0 saturated heterocycles. The summed E-state index contributed by atoms with van der Waals surface area (Å²) in [5.74, 6) is 0.567. The Labute approximate surface area is 172 Å². The average molecular weight is 416 g/mol. The van der Waals surface area contributed by atoms with Gasteiger partial charge in [0.15, 0.2) is 10.9 Å². The third-order valence-corrected chi connectivity index (χ3v) is 7.97. The highest BCUT2D eigenvalue weighted by molar-refractivity contribution is 7.93. The monoisotopic (exact) mass is 415 g/mol. The average Bonchev–Trinajstić information content (AvgIpc) is 3.29. The summed E-state index contributed by atoms with van der Waals surface area (Å²) in [6.07, 6.45) is 6.07. The number of rotatable bonds is 8. The first-order valence-corrected chi connectivity index (χ1v) is 12.0. The van der Waals surface area contributed by atoms with Gasteiger partial charge in [0.25, 0.3) is 0 Å². The second-order valence-electron chi connectivity index (χ2n) is 9.15. The van der Waals surface area contributed by atoms with Gasteiger partial charge in [-0.25, -0.2) is 8.99 Å². The smallest absolute Gasteiger partial charge is 0.199 e. The molecule has 29 heavy (non-hydrogen) atoms. The fraction of sp³-hybridized carbons (Fsp3) is 0.522. The minimum atomic E-state index is -3.39. The van der Waals surface area contributed by atoms with Crippen LogP contribution in [0.25, 0.3) is 0 Å². The highest BCUT2D eigenvalue weighted by Gasteiger charge is 2.33. The van der Waals surface area contributed by atoms with E-state index in [-0.39, 0.29) is 23.0 Å². The number of nitrogens with one attached hydrogen (secondary N) is 1. The molecule has 0 bridgehead atoms. The molecule has 5 nitrogen and oxygen atoms in total. The van der Waals surface area contributed by atoms with Crippen LogP contribution in [0.15, 0.2) is 34.0 Å². The van der Waals surface area contributed by atoms with Gasteiger partial charge in [0.1, 0.15) is 9.73 Å². The van der Waals surface area contributed by atoms with Crippen LogP contribution in [-0.4, -0.2) is 20.9 Å². The molecule has 4 rings (SSSR count). The van der Waals surface area contributed by atoms with Gasteiger partial charge in [0, 0.05) is 18.1 Å². The van der Waals surface area contributed by atoms with E-state index in [0.29, 0.717) is 17.4 Å². The molecule has 2 aliphatic carbocycles. The first-order valence-electron chi connectivity index (χ1n) is 10.3. The Hall–Kier alpha value is -1.92. The van der Waals surface area contributed by atoms with Crippen LogP contribution in [-0.2, 0) is 39.4 Å². The van der Waals surface area contributed by atoms with Crippen LogP contribution in [0, 0.1) is 10.7 Å². The van der Waals surface area contributed by atoms with Crippen LogP contribution in [0.3, 0.4) is 0 Å². The van der Waals surface area contributed by atoms with Crippen LogP contribution < -0.4 is 0 Å². The molecule has 1 aromatic heterocycles. The molecule has 1 saturated carbocycles. The molecule has 1 heterocycles. The number of furan rings is 1. The van der Waals surface area contributed by atoms with Gasteiger partial charge in [0.05, 0.1) is 17.6 Å². The lowest BCUT2D eigenvalue weighted by molar-refractivity contribution is -0.116. The zero-order chi connectivity index (χ0) is 21.0. The second kappa shape index (κ2) is 7.10. The SMILES string of the molecule is C[C@H](c1ccc2c(c1CC(=O)C[S@@](=N)(=O)c1cc(C(C)(C)O)co1)CC2)C1CC1. The van der Waals surface area contributed by atoms with E-state index in [1.807, 2.05) is 0 Å². The van der Waals surface area contributed by atoms with Crippen molar-refractivity contribution >= 4 is 15.5 Å². The van der Waals surface area contributed by atoms with E-state index in [2.05, 4.69) is 19.1 Å². The summed E-state index contributed by atoms with van der Waals surface area (Å²) >= 11 is 0. The standard InChI is InChI=1S/C23H29NO4S/c1-14(15-4-5-15)19-8-6-16-7-9-20(16)21(19)11-18(25)13-29(24,27)22-10-17(12-28-22)23(2,3)26/h6,8,10,12,14-15,24,26H,4-5,7,9,11,13H2,1-3H3/t14-,29+/m0/s1. The van der Waals surface area contributed by atoms with E-state index < -0.39 is 15.3 Å². The van der Waals surface area contributed by atoms with Crippen molar-refractivity contribution in [3.63, 3.8) is 0 Å². The minimum absolute atomic E-state index is 0.0457. The lowest BCUT2D eigenvalue weighted by atomic mass is 9.78. The normalized spacial score (nSPS) is 19.2. The van der Waals surface area contributed by atoms with Gasteiger partial charge in [-0.15, -0.1) is 0 Å². The maximum atomic E-state index is 12.9. The Balaban J connectivity index is 1.54. The van der Waals surface area contributed by atoms with Crippen LogP contribution in [0.5, 0.6) is 0 Å². The van der Waals surface area contributed by atoms with E-state index in [0.717, 1.165) is 18.4 Å². The summed E-state index contributed by atoms with van der Waals surface area (Å²) < 4.78 is 26.4. The highest BCUT2D eigenvalue weighted by Crippen LogP contribution is 2.45. The largest absolute Gasteiger partial charge is 0.454 e. The number of ketones is 1. The zero-order valence-corrected chi connectivity index (χ0v) is 18.1. The van der Waals surface area contributed by atoms with Crippen LogP contribution in [0.2, 0.25) is 0 Å². The quantitative estimate of drug-likeness (QED) is 0.671. The molecule has 0 aliphatic heterocycles. The van der Waals surface area contributed by atoms with Gasteiger partial charge in [-0.3, -0.25) is 4.79 Å². The summed E-state index contributed by atoms with van der Waals surface area (Å²) in [5, 5.41) is 10.0. The molecular weight excluding hydrogens is 386 g/mol. The minimum Gasteiger partial charge on any atom is -0.454 e. The van der Waals surface area contributed by atoms with E-state index in [1.54, 1.807) is 13.8 Å². The first kappa shape index (κ1) is 20.4. The van der Waals surface area contributed by atoms with Gasteiger partial charge in [-0.1, -0.05) is 19.1 Å². The number of carbonyl (C=O) groups excluding carboxylic acids is 1. The molecule has 6 heteroatoms. The Morgan fingerprint density at radius 3 is 2.62 bits per heavy atom. The molecule has 0 spiro atoms. The van der Waals surface area contributed by atoms with Gasteiger partial charge in [-0.2, -0.15) is 0 Å². The Bertz CT molecular complexity index is 1060. The molecular formula is C23H29NO4S. The van der Waals surface area contributed by atoms with Crippen LogP contribution in [0.4, 0.5) is 0 Å². The van der Waals surface area contributed by atoms with Crippen molar-refractivity contribution in [3.05, 3.63) is 52.3 Å². The molecule has 156 valence electrons. The van der Waals surface area contributed by atoms with Gasteiger partial charge in [0.2, 0.25) is 0 Å². The molecule has 1 aromatic carbocycles. The van der Waals surface area contributed by atoms with Gasteiger partial charge < -0.3 is 9.52 Å². The van der Waals surface area contributed by atoms with Crippen molar-refractivity contribution in [2.24, 2.45) is 5.92 Å². The summed E-state index contributed by atoms with van der Waals surface area (Å²) in [6.45, 7) is 5.42. The van der Waals surface area contributed by atoms with E-state index >= 15 is 0 Å². The van der Waals surface area contributed by atoms with E-state index in [9.17, 15) is 14.1 Å². The predicted octanol–water partition coefficient (Wildman–Crippen LogP) is 4.34. The summed E-state index contributed by atoms with van der Waals surface area (Å²) in [5.41, 5.74) is 4.24. The summed E-state index contributed by atoms with van der Waals surface area (Å²) in [6, 6.07) is 5.79. The van der Waals surface area contributed by atoms with Crippen molar-refractivity contribution in [1.82, 2.24) is 0 Å². The third kappa shape index (κ3) is 4.05. The number of aryl methyl sites for hydroxylation is 1. The van der Waals surface area contributed by atoms with Crippen LogP contribution in [0.1, 0.15) is 67.3 Å². The Morgan fingerprint density at radius 2 is 2.07 bits per heavy atom. The van der Waals surface area contributed by atoms with Gasteiger partial charge in [-0.05, 0) is 73.6 Å². The predicted molar refractivity (Wildman–Crippen MR) is 112 cm³/mol. The van der Waals surface area contributed by atoms with Crippen molar-refractivity contribution in [1.29, 1.82) is 4.78 Å². The maximum absolute atomic E-state index is 12.9. The molecule has 2 N–H and O–H groups in total. The topological polar surface area (TPSA) is 91.4 Å². The zero-order valence-electron chi connectivity index (χ0n) is 17.3. The van der Waals surface area contributed by atoms with Crippen molar-refractivity contribution < 1.29 is 18.5 Å². The fourth-order valence-electron chi connectivity index (χ4n) is 4.23. The van der Waals surface area contributed by atoms with Crippen molar-refractivity contribution in [3.8, 4) is 0 Å². The summed E-state index contributed by atoms with van der Waals surface area (Å²) in [7, 11) is -3.39. The number of benzene rings is 1. The number of carbonyl (C=O) groups is 1. The Kier molecular flexibility index (Phi) is 4.98. The molecule has 0 radical (unpaired) electrons. The molecule has 0 amide bonds. The molecule has 1 fully saturated rings. The number of aliphatic hydroxyl groups is 1. The number of hydrogen-bond donors (Lipinski definition) is 2. The number of fused-ring (bicyclic) bond motifs is 1. The number of Topliss-reactive ketones (excluding diaryl/α,β-unsaturated/α-hetero) is 1.